The zero-order valence-electron chi connectivity index (χ0n) is 13.2. The molecule has 1 aromatic heterocycles. The van der Waals surface area contributed by atoms with Crippen molar-refractivity contribution in [2.24, 2.45) is 0 Å². The highest BCUT2D eigenvalue weighted by molar-refractivity contribution is 8.00. The van der Waals surface area contributed by atoms with Gasteiger partial charge in [-0.15, -0.1) is 0 Å². The van der Waals surface area contributed by atoms with Crippen molar-refractivity contribution in [1.29, 1.82) is 0 Å². The first kappa shape index (κ1) is 18.5. The summed E-state index contributed by atoms with van der Waals surface area (Å²) in [7, 11) is -3.48. The molecule has 2 N–H and O–H groups in total. The molecule has 0 spiro atoms. The fraction of sp³-hybridized carbons (Fsp3) is 0.769. The normalized spacial score (nSPS) is 12.8. The molecule has 0 saturated heterocycles. The second-order valence-corrected chi connectivity index (χ2v) is 8.71. The lowest BCUT2D eigenvalue weighted by atomic mass is 10.2. The Balaban J connectivity index is 2.58. The lowest BCUT2D eigenvalue weighted by molar-refractivity contribution is 0.548. The summed E-state index contributed by atoms with van der Waals surface area (Å²) in [4.78, 5) is 0.225. The van der Waals surface area contributed by atoms with Crippen molar-refractivity contribution in [3.05, 3.63) is 12.4 Å². The molecule has 0 aliphatic carbocycles. The largest absolute Gasteiger partial charge is 0.317 e. The van der Waals surface area contributed by atoms with E-state index in [4.69, 9.17) is 0 Å². The Labute approximate surface area is 132 Å². The smallest absolute Gasteiger partial charge is 0.243 e. The predicted molar refractivity (Wildman–Crippen MR) is 88.2 cm³/mol. The Morgan fingerprint density at radius 1 is 1.43 bits per heavy atom. The number of nitrogens with one attached hydrogen (secondary N) is 2. The number of sulfonamides is 1. The highest BCUT2D eigenvalue weighted by Crippen LogP contribution is 2.20. The standard InChI is InChI=1S/C13H26N4O2S2/c1-5-14-7-6-8-17-10-12(9-15-17)21(18,19)16-11-13(2,3)20-4/h9-10,14,16H,5-8,11H2,1-4H3. The van der Waals surface area contributed by atoms with Crippen molar-refractivity contribution in [3.8, 4) is 0 Å². The van der Waals surface area contributed by atoms with Crippen LogP contribution in [0.3, 0.4) is 0 Å². The average Bonchev–Trinajstić information content (AvgIpc) is 2.91. The number of thioether (sulfide) groups is 1. The monoisotopic (exact) mass is 334 g/mol. The van der Waals surface area contributed by atoms with Crippen LogP contribution in [-0.2, 0) is 16.6 Å². The van der Waals surface area contributed by atoms with Crippen LogP contribution >= 0.6 is 11.8 Å². The van der Waals surface area contributed by atoms with Crippen LogP contribution in [0.2, 0.25) is 0 Å². The van der Waals surface area contributed by atoms with Crippen LogP contribution in [0, 0.1) is 0 Å². The van der Waals surface area contributed by atoms with Gasteiger partial charge in [0.25, 0.3) is 0 Å². The van der Waals surface area contributed by atoms with Crippen molar-refractivity contribution in [3.63, 3.8) is 0 Å². The molecule has 21 heavy (non-hydrogen) atoms. The van der Waals surface area contributed by atoms with Crippen molar-refractivity contribution >= 4 is 21.8 Å². The summed E-state index contributed by atoms with van der Waals surface area (Å²) in [6.07, 6.45) is 5.88. The van der Waals surface area contributed by atoms with Gasteiger partial charge in [0, 0.05) is 24.0 Å². The second kappa shape index (κ2) is 8.17. The van der Waals surface area contributed by atoms with Gasteiger partial charge in [-0.1, -0.05) is 6.92 Å². The molecule has 122 valence electrons. The summed E-state index contributed by atoms with van der Waals surface area (Å²) in [6, 6.07) is 0. The zero-order chi connectivity index (χ0) is 15.9. The molecule has 1 aromatic rings. The summed E-state index contributed by atoms with van der Waals surface area (Å²) < 4.78 is 28.6. The molecule has 0 aliphatic rings. The Morgan fingerprint density at radius 2 is 2.14 bits per heavy atom. The predicted octanol–water partition coefficient (Wildman–Crippen LogP) is 1.30. The van der Waals surface area contributed by atoms with Crippen molar-refractivity contribution in [2.75, 3.05) is 25.9 Å². The summed E-state index contributed by atoms with van der Waals surface area (Å²) in [6.45, 7) is 9.00. The number of nitrogens with zero attached hydrogens (tertiary/aromatic N) is 2. The maximum Gasteiger partial charge on any atom is 0.243 e. The maximum absolute atomic E-state index is 12.2. The maximum atomic E-state index is 12.2. The third-order valence-corrected chi connectivity index (χ3v) is 5.76. The van der Waals surface area contributed by atoms with E-state index in [2.05, 4.69) is 22.1 Å². The van der Waals surface area contributed by atoms with Crippen LogP contribution in [-0.4, -0.2) is 48.8 Å². The number of aromatic nitrogens is 2. The van der Waals surface area contributed by atoms with E-state index in [1.165, 1.54) is 6.20 Å². The summed E-state index contributed by atoms with van der Waals surface area (Å²) in [5.74, 6) is 0. The second-order valence-electron chi connectivity index (χ2n) is 5.43. The fourth-order valence-electron chi connectivity index (χ4n) is 1.57. The average molecular weight is 335 g/mol. The fourth-order valence-corrected chi connectivity index (χ4v) is 3.04. The lowest BCUT2D eigenvalue weighted by Gasteiger charge is -2.21. The van der Waals surface area contributed by atoms with Gasteiger partial charge in [-0.25, -0.2) is 13.1 Å². The van der Waals surface area contributed by atoms with Crippen molar-refractivity contribution in [2.45, 2.75) is 43.4 Å². The number of hydrogen-bond acceptors (Lipinski definition) is 5. The van der Waals surface area contributed by atoms with Crippen LogP contribution in [0.25, 0.3) is 0 Å². The van der Waals surface area contributed by atoms with E-state index in [1.54, 1.807) is 22.6 Å². The van der Waals surface area contributed by atoms with E-state index in [9.17, 15) is 8.42 Å². The Morgan fingerprint density at radius 3 is 2.76 bits per heavy atom. The van der Waals surface area contributed by atoms with E-state index < -0.39 is 10.0 Å². The third kappa shape index (κ3) is 6.37. The quantitative estimate of drug-likeness (QED) is 0.631. The molecule has 8 heteroatoms. The van der Waals surface area contributed by atoms with E-state index in [0.29, 0.717) is 13.1 Å². The molecule has 0 fully saturated rings. The zero-order valence-corrected chi connectivity index (χ0v) is 14.9. The highest BCUT2D eigenvalue weighted by atomic mass is 32.2. The van der Waals surface area contributed by atoms with Gasteiger partial charge in [0.05, 0.1) is 6.20 Å². The number of rotatable bonds is 10. The minimum Gasteiger partial charge on any atom is -0.317 e. The number of aryl methyl sites for hydroxylation is 1. The SMILES string of the molecule is CCNCCCn1cc(S(=O)(=O)NCC(C)(C)SC)cn1. The number of hydrogen-bond donors (Lipinski definition) is 2. The van der Waals surface area contributed by atoms with Gasteiger partial charge >= 0.3 is 0 Å². The van der Waals surface area contributed by atoms with Gasteiger partial charge in [-0.05, 0) is 39.6 Å². The third-order valence-electron chi connectivity index (χ3n) is 3.15. The molecule has 0 bridgehead atoms. The minimum absolute atomic E-state index is 0.130. The van der Waals surface area contributed by atoms with E-state index >= 15 is 0 Å². The van der Waals surface area contributed by atoms with Crippen LogP contribution in [0.5, 0.6) is 0 Å². The molecule has 0 saturated carbocycles. The minimum atomic E-state index is -3.48. The van der Waals surface area contributed by atoms with E-state index in [-0.39, 0.29) is 9.64 Å². The first-order valence-electron chi connectivity index (χ1n) is 7.09. The molecule has 0 radical (unpaired) electrons. The lowest BCUT2D eigenvalue weighted by Crippen LogP contribution is -2.35. The molecule has 0 atom stereocenters. The summed E-state index contributed by atoms with van der Waals surface area (Å²) in [5.41, 5.74) is 0. The van der Waals surface area contributed by atoms with Crippen LogP contribution in [0.1, 0.15) is 27.2 Å². The summed E-state index contributed by atoms with van der Waals surface area (Å²) in [5, 5.41) is 7.33. The molecular weight excluding hydrogens is 308 g/mol. The Bertz CT molecular complexity index is 526. The molecule has 6 nitrogen and oxygen atoms in total. The van der Waals surface area contributed by atoms with E-state index in [0.717, 1.165) is 19.5 Å². The Hall–Kier alpha value is -0.570. The van der Waals surface area contributed by atoms with Crippen LogP contribution in [0.4, 0.5) is 0 Å². The van der Waals surface area contributed by atoms with Crippen molar-refractivity contribution in [1.82, 2.24) is 19.8 Å². The van der Waals surface area contributed by atoms with Gasteiger partial charge in [0.15, 0.2) is 0 Å². The molecule has 0 amide bonds. The Kier molecular flexibility index (Phi) is 7.19. The van der Waals surface area contributed by atoms with Crippen LogP contribution < -0.4 is 10.0 Å². The first-order chi connectivity index (χ1) is 9.80. The molecular formula is C13H26N4O2S2. The highest BCUT2D eigenvalue weighted by Gasteiger charge is 2.22. The van der Waals surface area contributed by atoms with E-state index in [1.807, 2.05) is 20.1 Å². The topological polar surface area (TPSA) is 76.0 Å². The molecule has 1 heterocycles. The molecule has 0 aliphatic heterocycles. The van der Waals surface area contributed by atoms with Gasteiger partial charge < -0.3 is 5.32 Å². The molecule has 0 unspecified atom stereocenters. The van der Waals surface area contributed by atoms with Gasteiger partial charge in [-0.3, -0.25) is 4.68 Å². The van der Waals surface area contributed by atoms with Gasteiger partial charge in [-0.2, -0.15) is 16.9 Å². The van der Waals surface area contributed by atoms with Crippen molar-refractivity contribution < 1.29 is 8.42 Å². The van der Waals surface area contributed by atoms with Gasteiger partial charge in [0.1, 0.15) is 4.90 Å². The van der Waals surface area contributed by atoms with Gasteiger partial charge in [0.2, 0.25) is 10.0 Å². The molecule has 0 aromatic carbocycles. The van der Waals surface area contributed by atoms with Crippen LogP contribution in [0.15, 0.2) is 17.3 Å². The molecule has 1 rings (SSSR count). The first-order valence-corrected chi connectivity index (χ1v) is 9.79. The summed E-state index contributed by atoms with van der Waals surface area (Å²) >= 11 is 1.63.